The van der Waals surface area contributed by atoms with Crippen LogP contribution in [0.2, 0.25) is 0 Å². The molecule has 1 aliphatic rings. The monoisotopic (exact) mass is 343 g/mol. The van der Waals surface area contributed by atoms with Crippen molar-refractivity contribution >= 4 is 5.91 Å². The maximum Gasteiger partial charge on any atom is 0.254 e. The summed E-state index contributed by atoms with van der Waals surface area (Å²) in [5.41, 5.74) is 2.28. The minimum absolute atomic E-state index is 0.0150. The molecule has 0 bridgehead atoms. The fraction of sp³-hybridized carbons (Fsp3) is 0.474. The molecule has 3 rings (SSSR count). The van der Waals surface area contributed by atoms with E-state index in [0.29, 0.717) is 25.3 Å². The van der Waals surface area contributed by atoms with Crippen LogP contribution in [0, 0.1) is 6.92 Å². The molecule has 1 atom stereocenters. The van der Waals surface area contributed by atoms with Gasteiger partial charge in [-0.05, 0) is 51.1 Å². The molecule has 6 heteroatoms. The molecule has 25 heavy (non-hydrogen) atoms. The molecule has 0 aliphatic carbocycles. The van der Waals surface area contributed by atoms with E-state index >= 15 is 0 Å². The van der Waals surface area contributed by atoms with E-state index in [1.807, 2.05) is 60.7 Å². The summed E-state index contributed by atoms with van der Waals surface area (Å²) < 4.78 is 13.0. The standard InChI is InChI=1S/C19H25N3O3/c1-14-9-10-20-22(14)16-7-5-15(6-8-16)18(23)21-11-17(12-24-4)25-19(2,3)13-21/h5-10,17H,11-13H2,1-4H3. The zero-order valence-electron chi connectivity index (χ0n) is 15.2. The van der Waals surface area contributed by atoms with Gasteiger partial charge in [0.25, 0.3) is 5.91 Å². The second kappa shape index (κ2) is 6.98. The first-order valence-electron chi connectivity index (χ1n) is 8.47. The molecular weight excluding hydrogens is 318 g/mol. The van der Waals surface area contributed by atoms with Crippen LogP contribution in [0.5, 0.6) is 0 Å². The lowest BCUT2D eigenvalue weighted by atomic mass is 10.0. The Morgan fingerprint density at radius 3 is 2.64 bits per heavy atom. The highest BCUT2D eigenvalue weighted by molar-refractivity contribution is 5.94. The quantitative estimate of drug-likeness (QED) is 0.856. The molecule has 0 N–H and O–H groups in total. The highest BCUT2D eigenvalue weighted by Crippen LogP contribution is 2.23. The molecule has 1 saturated heterocycles. The molecule has 0 spiro atoms. The predicted octanol–water partition coefficient (Wildman–Crippen LogP) is 2.45. The average molecular weight is 343 g/mol. The van der Waals surface area contributed by atoms with Crippen molar-refractivity contribution in [3.8, 4) is 5.69 Å². The predicted molar refractivity (Wildman–Crippen MR) is 95.0 cm³/mol. The second-order valence-corrected chi connectivity index (χ2v) is 7.07. The number of nitrogens with zero attached hydrogens (tertiary/aromatic N) is 3. The average Bonchev–Trinajstić information content (AvgIpc) is 2.99. The van der Waals surface area contributed by atoms with Gasteiger partial charge in [0, 0.05) is 37.7 Å². The minimum atomic E-state index is -0.386. The Morgan fingerprint density at radius 2 is 2.04 bits per heavy atom. The van der Waals surface area contributed by atoms with Crippen LogP contribution in [0.3, 0.4) is 0 Å². The normalized spacial score (nSPS) is 19.8. The molecule has 0 saturated carbocycles. The molecule has 1 aromatic heterocycles. The van der Waals surface area contributed by atoms with E-state index in [-0.39, 0.29) is 17.6 Å². The molecule has 1 amide bonds. The molecule has 6 nitrogen and oxygen atoms in total. The summed E-state index contributed by atoms with van der Waals surface area (Å²) in [6, 6.07) is 9.50. The van der Waals surface area contributed by atoms with Gasteiger partial charge in [-0.2, -0.15) is 5.10 Å². The van der Waals surface area contributed by atoms with Crippen molar-refractivity contribution in [3.63, 3.8) is 0 Å². The van der Waals surface area contributed by atoms with Gasteiger partial charge in [0.2, 0.25) is 0 Å². The summed E-state index contributed by atoms with van der Waals surface area (Å²) in [4.78, 5) is 14.8. The number of ether oxygens (including phenoxy) is 2. The first-order valence-corrected chi connectivity index (χ1v) is 8.47. The van der Waals surface area contributed by atoms with E-state index in [2.05, 4.69) is 5.10 Å². The van der Waals surface area contributed by atoms with Crippen molar-refractivity contribution in [2.75, 3.05) is 26.8 Å². The van der Waals surface area contributed by atoms with Crippen LogP contribution < -0.4 is 0 Å². The van der Waals surface area contributed by atoms with Gasteiger partial charge in [-0.15, -0.1) is 0 Å². The third kappa shape index (κ3) is 3.91. The number of rotatable bonds is 4. The molecule has 2 heterocycles. The number of methoxy groups -OCH3 is 1. The van der Waals surface area contributed by atoms with Gasteiger partial charge >= 0.3 is 0 Å². The zero-order chi connectivity index (χ0) is 18.0. The summed E-state index contributed by atoms with van der Waals surface area (Å²) in [5.74, 6) is 0.0150. The van der Waals surface area contributed by atoms with E-state index < -0.39 is 0 Å². The summed E-state index contributed by atoms with van der Waals surface area (Å²) in [6.45, 7) is 7.57. The number of morpholine rings is 1. The van der Waals surface area contributed by atoms with Crippen LogP contribution in [-0.4, -0.2) is 59.1 Å². The maximum absolute atomic E-state index is 12.9. The lowest BCUT2D eigenvalue weighted by Gasteiger charge is -2.42. The number of hydrogen-bond acceptors (Lipinski definition) is 4. The molecule has 2 aromatic rings. The number of amides is 1. The summed E-state index contributed by atoms with van der Waals surface area (Å²) >= 11 is 0. The highest BCUT2D eigenvalue weighted by Gasteiger charge is 2.35. The van der Waals surface area contributed by atoms with Gasteiger partial charge in [-0.3, -0.25) is 4.79 Å². The van der Waals surface area contributed by atoms with Gasteiger partial charge in [0.15, 0.2) is 0 Å². The molecular formula is C19H25N3O3. The first kappa shape index (κ1) is 17.6. The zero-order valence-corrected chi connectivity index (χ0v) is 15.2. The SMILES string of the molecule is COCC1CN(C(=O)c2ccc(-n3nccc3C)cc2)CC(C)(C)O1. The Morgan fingerprint density at radius 1 is 1.32 bits per heavy atom. The molecule has 1 aliphatic heterocycles. The number of aryl methyl sites for hydroxylation is 1. The van der Waals surface area contributed by atoms with Gasteiger partial charge in [0.05, 0.1) is 24.0 Å². The van der Waals surface area contributed by atoms with Gasteiger partial charge in [0.1, 0.15) is 0 Å². The van der Waals surface area contributed by atoms with Crippen molar-refractivity contribution in [2.45, 2.75) is 32.5 Å². The lowest BCUT2D eigenvalue weighted by Crippen LogP contribution is -2.55. The van der Waals surface area contributed by atoms with Crippen molar-refractivity contribution in [2.24, 2.45) is 0 Å². The number of hydrogen-bond donors (Lipinski definition) is 0. The Kier molecular flexibility index (Phi) is 4.92. The Balaban J connectivity index is 1.77. The molecule has 1 unspecified atom stereocenters. The topological polar surface area (TPSA) is 56.6 Å². The van der Waals surface area contributed by atoms with E-state index in [1.54, 1.807) is 13.3 Å². The number of benzene rings is 1. The number of carbonyl (C=O) groups excluding carboxylic acids is 1. The van der Waals surface area contributed by atoms with E-state index in [4.69, 9.17) is 9.47 Å². The minimum Gasteiger partial charge on any atom is -0.382 e. The van der Waals surface area contributed by atoms with Crippen LogP contribution in [0.25, 0.3) is 5.69 Å². The van der Waals surface area contributed by atoms with Crippen molar-refractivity contribution in [1.82, 2.24) is 14.7 Å². The van der Waals surface area contributed by atoms with Crippen LogP contribution in [0.4, 0.5) is 0 Å². The fourth-order valence-corrected chi connectivity index (χ4v) is 3.29. The molecule has 1 aromatic carbocycles. The summed E-state index contributed by atoms with van der Waals surface area (Å²) in [7, 11) is 1.65. The number of aromatic nitrogens is 2. The summed E-state index contributed by atoms with van der Waals surface area (Å²) in [6.07, 6.45) is 1.66. The number of carbonyl (C=O) groups is 1. The van der Waals surface area contributed by atoms with Gasteiger partial charge < -0.3 is 14.4 Å². The maximum atomic E-state index is 12.9. The van der Waals surface area contributed by atoms with E-state index in [0.717, 1.165) is 11.4 Å². The van der Waals surface area contributed by atoms with E-state index in [9.17, 15) is 4.79 Å². The lowest BCUT2D eigenvalue weighted by molar-refractivity contribution is -0.143. The Labute approximate surface area is 148 Å². The third-order valence-corrected chi connectivity index (χ3v) is 4.31. The summed E-state index contributed by atoms with van der Waals surface area (Å²) in [5, 5.41) is 4.29. The second-order valence-electron chi connectivity index (χ2n) is 7.07. The molecule has 1 fully saturated rings. The Hall–Kier alpha value is -2.18. The van der Waals surface area contributed by atoms with Gasteiger partial charge in [-0.25, -0.2) is 4.68 Å². The van der Waals surface area contributed by atoms with Crippen LogP contribution in [-0.2, 0) is 9.47 Å². The fourth-order valence-electron chi connectivity index (χ4n) is 3.29. The molecule has 0 radical (unpaired) electrons. The third-order valence-electron chi connectivity index (χ3n) is 4.31. The molecule has 134 valence electrons. The highest BCUT2D eigenvalue weighted by atomic mass is 16.5. The van der Waals surface area contributed by atoms with Crippen molar-refractivity contribution in [1.29, 1.82) is 0 Å². The smallest absolute Gasteiger partial charge is 0.254 e. The largest absolute Gasteiger partial charge is 0.382 e. The van der Waals surface area contributed by atoms with Crippen LogP contribution in [0.1, 0.15) is 29.9 Å². The van der Waals surface area contributed by atoms with E-state index in [1.165, 1.54) is 0 Å². The van der Waals surface area contributed by atoms with Crippen LogP contribution in [0.15, 0.2) is 36.5 Å². The van der Waals surface area contributed by atoms with Crippen molar-refractivity contribution < 1.29 is 14.3 Å². The van der Waals surface area contributed by atoms with Crippen LogP contribution >= 0.6 is 0 Å². The van der Waals surface area contributed by atoms with Gasteiger partial charge in [-0.1, -0.05) is 0 Å². The van der Waals surface area contributed by atoms with Crippen molar-refractivity contribution in [3.05, 3.63) is 47.8 Å². The Bertz CT molecular complexity index is 737. The first-order chi connectivity index (χ1) is 11.9.